The van der Waals surface area contributed by atoms with Crippen LogP contribution in [0.3, 0.4) is 0 Å². The number of hydrogen-bond acceptors (Lipinski definition) is 2. The molecule has 0 radical (unpaired) electrons. The zero-order valence-electron chi connectivity index (χ0n) is 12.1. The predicted molar refractivity (Wildman–Crippen MR) is 90.3 cm³/mol. The molecule has 0 saturated carbocycles. The fourth-order valence-corrected chi connectivity index (χ4v) is 3.11. The second kappa shape index (κ2) is 5.53. The van der Waals surface area contributed by atoms with E-state index in [1.807, 2.05) is 48.2 Å². The fourth-order valence-electron chi connectivity index (χ4n) is 2.68. The molecule has 4 heteroatoms. The maximum Gasteiger partial charge on any atom is 0.259 e. The molecule has 0 N–H and O–H groups in total. The normalized spacial score (nSPS) is 14.0. The van der Waals surface area contributed by atoms with Gasteiger partial charge < -0.3 is 9.80 Å². The molecule has 1 heterocycles. The molecule has 108 valence electrons. The fraction of sp³-hybridized carbons (Fsp3) is 0.235. The van der Waals surface area contributed by atoms with E-state index < -0.39 is 0 Å². The van der Waals surface area contributed by atoms with Gasteiger partial charge in [0.25, 0.3) is 5.91 Å². The van der Waals surface area contributed by atoms with Crippen molar-refractivity contribution in [2.45, 2.75) is 6.92 Å². The Labute approximate surface area is 133 Å². The van der Waals surface area contributed by atoms with Crippen molar-refractivity contribution in [1.29, 1.82) is 0 Å². The van der Waals surface area contributed by atoms with Gasteiger partial charge in [0, 0.05) is 24.6 Å². The van der Waals surface area contributed by atoms with Gasteiger partial charge in [-0.3, -0.25) is 4.79 Å². The largest absolute Gasteiger partial charge is 0.371 e. The third-order valence-electron chi connectivity index (χ3n) is 3.91. The highest BCUT2D eigenvalue weighted by Gasteiger charge is 2.26. The van der Waals surface area contributed by atoms with E-state index in [1.165, 1.54) is 0 Å². The third kappa shape index (κ3) is 2.44. The van der Waals surface area contributed by atoms with Crippen molar-refractivity contribution in [3.05, 3.63) is 58.1 Å². The number of hydrogen-bond donors (Lipinski definition) is 0. The molecule has 0 aromatic heterocycles. The Hall–Kier alpha value is -1.81. The first-order chi connectivity index (χ1) is 10.1. The first-order valence-electron chi connectivity index (χ1n) is 6.96. The summed E-state index contributed by atoms with van der Waals surface area (Å²) in [6.07, 6.45) is 0. The van der Waals surface area contributed by atoms with Crippen molar-refractivity contribution < 1.29 is 4.79 Å². The number of likely N-dealkylation sites (N-methyl/N-ethyl adjacent to an activating group) is 1. The van der Waals surface area contributed by atoms with Crippen LogP contribution in [-0.2, 0) is 0 Å². The number of anilines is 2. The van der Waals surface area contributed by atoms with E-state index in [2.05, 4.69) is 33.9 Å². The summed E-state index contributed by atoms with van der Waals surface area (Å²) in [6.45, 7) is 3.54. The molecule has 1 aliphatic rings. The van der Waals surface area contributed by atoms with E-state index in [-0.39, 0.29) is 5.91 Å². The Bertz CT molecular complexity index is 699. The van der Waals surface area contributed by atoms with Crippen molar-refractivity contribution in [3.8, 4) is 0 Å². The number of halogens is 1. The van der Waals surface area contributed by atoms with Crippen LogP contribution in [0.2, 0.25) is 0 Å². The number of benzene rings is 2. The van der Waals surface area contributed by atoms with E-state index >= 15 is 0 Å². The van der Waals surface area contributed by atoms with Crippen molar-refractivity contribution >= 4 is 33.2 Å². The molecular weight excluding hydrogens is 328 g/mol. The highest BCUT2D eigenvalue weighted by molar-refractivity contribution is 9.10. The topological polar surface area (TPSA) is 23.6 Å². The number of rotatable bonds is 1. The summed E-state index contributed by atoms with van der Waals surface area (Å²) in [7, 11) is 2.06. The van der Waals surface area contributed by atoms with Gasteiger partial charge in [0.05, 0.1) is 16.9 Å². The molecule has 2 aromatic rings. The number of amides is 1. The smallest absolute Gasteiger partial charge is 0.259 e. The van der Waals surface area contributed by atoms with Gasteiger partial charge in [-0.15, -0.1) is 0 Å². The first-order valence-corrected chi connectivity index (χ1v) is 7.76. The van der Waals surface area contributed by atoms with Crippen LogP contribution >= 0.6 is 15.9 Å². The van der Waals surface area contributed by atoms with Gasteiger partial charge in [0.1, 0.15) is 0 Å². The molecule has 0 unspecified atom stereocenters. The minimum atomic E-state index is 0.0473. The van der Waals surface area contributed by atoms with Gasteiger partial charge in [-0.25, -0.2) is 0 Å². The number of para-hydroxylation sites is 2. The SMILES string of the molecule is Cc1cccc(C(=O)N2CCN(C)c3ccccc32)c1Br. The second-order valence-corrected chi connectivity index (χ2v) is 6.10. The summed E-state index contributed by atoms with van der Waals surface area (Å²) < 4.78 is 0.881. The number of carbonyl (C=O) groups excluding carboxylic acids is 1. The number of carbonyl (C=O) groups is 1. The lowest BCUT2D eigenvalue weighted by atomic mass is 10.1. The predicted octanol–water partition coefficient (Wildman–Crippen LogP) is 3.85. The molecule has 1 amide bonds. The maximum atomic E-state index is 12.9. The zero-order chi connectivity index (χ0) is 15.0. The van der Waals surface area contributed by atoms with E-state index in [4.69, 9.17) is 0 Å². The van der Waals surface area contributed by atoms with E-state index in [0.29, 0.717) is 12.1 Å². The molecule has 0 spiro atoms. The van der Waals surface area contributed by atoms with Crippen LogP contribution in [0.4, 0.5) is 11.4 Å². The Balaban J connectivity index is 2.03. The number of aryl methyl sites for hydroxylation is 1. The summed E-state index contributed by atoms with van der Waals surface area (Å²) in [4.78, 5) is 17.0. The lowest BCUT2D eigenvalue weighted by molar-refractivity contribution is 0.0986. The molecule has 3 nitrogen and oxygen atoms in total. The second-order valence-electron chi connectivity index (χ2n) is 5.30. The molecule has 21 heavy (non-hydrogen) atoms. The van der Waals surface area contributed by atoms with Crippen LogP contribution in [0, 0.1) is 6.92 Å². The molecule has 0 bridgehead atoms. The molecule has 1 aliphatic heterocycles. The monoisotopic (exact) mass is 344 g/mol. The van der Waals surface area contributed by atoms with Crippen LogP contribution in [0.25, 0.3) is 0 Å². The Morgan fingerprint density at radius 1 is 1.05 bits per heavy atom. The van der Waals surface area contributed by atoms with E-state index in [9.17, 15) is 4.79 Å². The maximum absolute atomic E-state index is 12.9. The van der Waals surface area contributed by atoms with Gasteiger partial charge in [0.2, 0.25) is 0 Å². The molecule has 0 atom stereocenters. The van der Waals surface area contributed by atoms with Crippen LogP contribution in [-0.4, -0.2) is 26.0 Å². The molecule has 0 aliphatic carbocycles. The van der Waals surface area contributed by atoms with Crippen molar-refractivity contribution in [2.24, 2.45) is 0 Å². The Kier molecular flexibility index (Phi) is 3.72. The summed E-state index contributed by atoms with van der Waals surface area (Å²) in [5.74, 6) is 0.0473. The van der Waals surface area contributed by atoms with Crippen molar-refractivity contribution in [3.63, 3.8) is 0 Å². The standard InChI is InChI=1S/C17H17BrN2O/c1-12-6-5-7-13(16(12)18)17(21)20-11-10-19(2)14-8-3-4-9-15(14)20/h3-9H,10-11H2,1-2H3. The quantitative estimate of drug-likeness (QED) is 0.784. The van der Waals surface area contributed by atoms with Gasteiger partial charge in [-0.2, -0.15) is 0 Å². The van der Waals surface area contributed by atoms with Crippen molar-refractivity contribution in [2.75, 3.05) is 29.9 Å². The molecular formula is C17H17BrN2O. The van der Waals surface area contributed by atoms with Gasteiger partial charge in [-0.1, -0.05) is 24.3 Å². The van der Waals surface area contributed by atoms with Crippen LogP contribution < -0.4 is 9.80 Å². The third-order valence-corrected chi connectivity index (χ3v) is 4.96. The van der Waals surface area contributed by atoms with Gasteiger partial charge in [0.15, 0.2) is 0 Å². The lowest BCUT2D eigenvalue weighted by Gasteiger charge is -2.35. The summed E-state index contributed by atoms with van der Waals surface area (Å²) in [5, 5.41) is 0. The summed E-state index contributed by atoms with van der Waals surface area (Å²) in [6, 6.07) is 13.8. The molecule has 2 aromatic carbocycles. The average molecular weight is 345 g/mol. The Morgan fingerprint density at radius 2 is 1.76 bits per heavy atom. The Morgan fingerprint density at radius 3 is 2.52 bits per heavy atom. The van der Waals surface area contributed by atoms with Gasteiger partial charge >= 0.3 is 0 Å². The average Bonchev–Trinajstić information content (AvgIpc) is 2.50. The number of nitrogens with zero attached hydrogens (tertiary/aromatic N) is 2. The van der Waals surface area contributed by atoms with Crippen LogP contribution in [0.5, 0.6) is 0 Å². The van der Waals surface area contributed by atoms with Crippen molar-refractivity contribution in [1.82, 2.24) is 0 Å². The van der Waals surface area contributed by atoms with E-state index in [1.54, 1.807) is 0 Å². The van der Waals surface area contributed by atoms with Crippen LogP contribution in [0.15, 0.2) is 46.9 Å². The zero-order valence-corrected chi connectivity index (χ0v) is 13.7. The summed E-state index contributed by atoms with van der Waals surface area (Å²) in [5.41, 5.74) is 3.86. The summed E-state index contributed by atoms with van der Waals surface area (Å²) >= 11 is 3.54. The first kappa shape index (κ1) is 14.1. The highest BCUT2D eigenvalue weighted by Crippen LogP contribution is 2.34. The minimum Gasteiger partial charge on any atom is -0.371 e. The minimum absolute atomic E-state index is 0.0473. The van der Waals surface area contributed by atoms with Gasteiger partial charge in [-0.05, 0) is 46.6 Å². The molecule has 0 saturated heterocycles. The molecule has 0 fully saturated rings. The van der Waals surface area contributed by atoms with Crippen LogP contribution in [0.1, 0.15) is 15.9 Å². The molecule has 3 rings (SSSR count). The lowest BCUT2D eigenvalue weighted by Crippen LogP contribution is -2.42. The highest BCUT2D eigenvalue weighted by atomic mass is 79.9. The van der Waals surface area contributed by atoms with E-state index in [0.717, 1.165) is 28.0 Å². The number of fused-ring (bicyclic) bond motifs is 1.